The fourth-order valence-corrected chi connectivity index (χ4v) is 2.52. The molecule has 0 atom stereocenters. The van der Waals surface area contributed by atoms with Gasteiger partial charge in [0.25, 0.3) is 11.8 Å². The minimum atomic E-state index is -1.22. The van der Waals surface area contributed by atoms with Crippen molar-refractivity contribution in [2.24, 2.45) is 0 Å². The molecule has 0 fully saturated rings. The maximum Gasteiger partial charge on any atom is 0.337 e. The summed E-state index contributed by atoms with van der Waals surface area (Å²) in [6.07, 6.45) is 2.71. The van der Waals surface area contributed by atoms with E-state index in [9.17, 15) is 19.5 Å². The van der Waals surface area contributed by atoms with Gasteiger partial charge in [0, 0.05) is 16.9 Å². The van der Waals surface area contributed by atoms with Crippen LogP contribution < -0.4 is 4.90 Å². The number of rotatable bonds is 2. The number of aromatic nitrogens is 1. The first-order valence-corrected chi connectivity index (χ1v) is 6.65. The first-order chi connectivity index (χ1) is 10.0. The minimum Gasteiger partial charge on any atom is -0.478 e. The molecule has 7 heteroatoms. The number of pyridine rings is 1. The summed E-state index contributed by atoms with van der Waals surface area (Å²) in [6, 6.07) is 5.74. The Morgan fingerprint density at radius 3 is 2.52 bits per heavy atom. The number of aromatic carboxylic acids is 1. The molecule has 0 aliphatic carbocycles. The quantitative estimate of drug-likeness (QED) is 0.843. The van der Waals surface area contributed by atoms with Crippen molar-refractivity contribution < 1.29 is 19.5 Å². The van der Waals surface area contributed by atoms with Gasteiger partial charge < -0.3 is 5.11 Å². The third-order valence-corrected chi connectivity index (χ3v) is 3.61. The fourth-order valence-electron chi connectivity index (χ4n) is 2.17. The van der Waals surface area contributed by atoms with Gasteiger partial charge >= 0.3 is 5.97 Å². The molecule has 1 aliphatic heterocycles. The standard InChI is InChI=1S/C14H7BrN2O4/c15-7-1-2-9(14(20)21)11(5-7)17-12(18)8-3-4-16-6-10(8)13(17)19/h1-6H,(H,20,21). The number of nitrogens with zero attached hydrogens (tertiary/aromatic N) is 2. The van der Waals surface area contributed by atoms with Crippen LogP contribution in [0.1, 0.15) is 31.1 Å². The Morgan fingerprint density at radius 1 is 1.14 bits per heavy atom. The van der Waals surface area contributed by atoms with Crippen LogP contribution >= 0.6 is 15.9 Å². The van der Waals surface area contributed by atoms with E-state index in [4.69, 9.17) is 0 Å². The molecule has 2 heterocycles. The number of carboxylic acid groups (broad SMARTS) is 1. The van der Waals surface area contributed by atoms with Gasteiger partial charge in [-0.05, 0) is 24.3 Å². The van der Waals surface area contributed by atoms with Gasteiger partial charge in [0.1, 0.15) is 0 Å². The number of anilines is 1. The van der Waals surface area contributed by atoms with E-state index in [1.807, 2.05) is 0 Å². The number of hydrogen-bond donors (Lipinski definition) is 1. The fraction of sp³-hybridized carbons (Fsp3) is 0. The van der Waals surface area contributed by atoms with Crippen LogP contribution in [0.25, 0.3) is 0 Å². The zero-order chi connectivity index (χ0) is 15.1. The van der Waals surface area contributed by atoms with Crippen molar-refractivity contribution in [1.29, 1.82) is 0 Å². The predicted octanol–water partition coefficient (Wildman–Crippen LogP) is 2.34. The second kappa shape index (κ2) is 4.78. The van der Waals surface area contributed by atoms with Gasteiger partial charge in [-0.15, -0.1) is 0 Å². The molecule has 2 amide bonds. The smallest absolute Gasteiger partial charge is 0.337 e. The highest BCUT2D eigenvalue weighted by Crippen LogP contribution is 2.32. The molecule has 0 unspecified atom stereocenters. The Labute approximate surface area is 127 Å². The first kappa shape index (κ1) is 13.4. The molecular formula is C14H7BrN2O4. The van der Waals surface area contributed by atoms with Gasteiger partial charge in [-0.1, -0.05) is 15.9 Å². The molecule has 104 valence electrons. The van der Waals surface area contributed by atoms with Gasteiger partial charge in [0.2, 0.25) is 0 Å². The molecule has 0 bridgehead atoms. The average Bonchev–Trinajstić information content (AvgIpc) is 2.71. The van der Waals surface area contributed by atoms with Crippen LogP contribution in [-0.2, 0) is 0 Å². The number of carboxylic acids is 1. The van der Waals surface area contributed by atoms with Crippen molar-refractivity contribution in [2.75, 3.05) is 4.90 Å². The lowest BCUT2D eigenvalue weighted by molar-refractivity contribution is 0.0698. The summed E-state index contributed by atoms with van der Waals surface area (Å²) in [7, 11) is 0. The van der Waals surface area contributed by atoms with Crippen molar-refractivity contribution in [3.05, 3.63) is 57.8 Å². The molecule has 0 radical (unpaired) electrons. The Bertz CT molecular complexity index is 768. The Balaban J connectivity index is 2.20. The lowest BCUT2D eigenvalue weighted by atomic mass is 10.1. The molecule has 0 saturated heterocycles. The maximum atomic E-state index is 12.4. The van der Waals surface area contributed by atoms with Crippen LogP contribution in [0.2, 0.25) is 0 Å². The van der Waals surface area contributed by atoms with Gasteiger partial charge in [-0.2, -0.15) is 0 Å². The lowest BCUT2D eigenvalue weighted by Crippen LogP contribution is -2.31. The average molecular weight is 347 g/mol. The molecule has 1 N–H and O–H groups in total. The second-order valence-electron chi connectivity index (χ2n) is 4.33. The summed E-state index contributed by atoms with van der Waals surface area (Å²) in [5, 5.41) is 9.23. The summed E-state index contributed by atoms with van der Waals surface area (Å²) in [5.74, 6) is -2.35. The summed E-state index contributed by atoms with van der Waals surface area (Å²) >= 11 is 3.21. The van der Waals surface area contributed by atoms with Crippen LogP contribution in [0.3, 0.4) is 0 Å². The molecule has 1 aromatic carbocycles. The van der Waals surface area contributed by atoms with E-state index in [1.165, 1.54) is 36.7 Å². The zero-order valence-corrected chi connectivity index (χ0v) is 12.0. The van der Waals surface area contributed by atoms with Crippen molar-refractivity contribution in [1.82, 2.24) is 4.98 Å². The van der Waals surface area contributed by atoms with Gasteiger partial charge in [0.15, 0.2) is 0 Å². The van der Waals surface area contributed by atoms with Crippen molar-refractivity contribution in [3.63, 3.8) is 0 Å². The van der Waals surface area contributed by atoms with Crippen LogP contribution in [0.15, 0.2) is 41.1 Å². The van der Waals surface area contributed by atoms with E-state index >= 15 is 0 Å². The molecule has 3 rings (SSSR count). The Kier molecular flexibility index (Phi) is 3.06. The molecule has 0 spiro atoms. The number of fused-ring (bicyclic) bond motifs is 1. The maximum absolute atomic E-state index is 12.4. The molecule has 0 saturated carbocycles. The highest BCUT2D eigenvalue weighted by atomic mass is 79.9. The summed E-state index contributed by atoms with van der Waals surface area (Å²) in [6.45, 7) is 0. The third-order valence-electron chi connectivity index (χ3n) is 3.12. The van der Waals surface area contributed by atoms with E-state index < -0.39 is 17.8 Å². The molecule has 2 aromatic rings. The predicted molar refractivity (Wildman–Crippen MR) is 76.5 cm³/mol. The Morgan fingerprint density at radius 2 is 1.86 bits per heavy atom. The number of halogens is 1. The number of carbonyl (C=O) groups is 3. The van der Waals surface area contributed by atoms with E-state index in [-0.39, 0.29) is 22.4 Å². The molecule has 6 nitrogen and oxygen atoms in total. The third kappa shape index (κ3) is 2.02. The highest BCUT2D eigenvalue weighted by molar-refractivity contribution is 9.10. The number of hydrogen-bond acceptors (Lipinski definition) is 4. The SMILES string of the molecule is O=C(O)c1ccc(Br)cc1N1C(=O)c2ccncc2C1=O. The van der Waals surface area contributed by atoms with Gasteiger partial charge in [0.05, 0.1) is 22.4 Å². The van der Waals surface area contributed by atoms with Gasteiger partial charge in [-0.3, -0.25) is 14.6 Å². The van der Waals surface area contributed by atoms with E-state index in [1.54, 1.807) is 0 Å². The largest absolute Gasteiger partial charge is 0.478 e. The summed E-state index contributed by atoms with van der Waals surface area (Å²) in [5.41, 5.74) is 0.286. The van der Waals surface area contributed by atoms with Crippen molar-refractivity contribution >= 4 is 39.4 Å². The Hall–Kier alpha value is -2.54. The van der Waals surface area contributed by atoms with Crippen molar-refractivity contribution in [2.45, 2.75) is 0 Å². The molecule has 21 heavy (non-hydrogen) atoms. The van der Waals surface area contributed by atoms with Crippen LogP contribution in [0, 0.1) is 0 Å². The second-order valence-corrected chi connectivity index (χ2v) is 5.25. The topological polar surface area (TPSA) is 87.6 Å². The first-order valence-electron chi connectivity index (χ1n) is 5.86. The summed E-state index contributed by atoms with van der Waals surface area (Å²) in [4.78, 5) is 40.7. The number of amides is 2. The molecular weight excluding hydrogens is 340 g/mol. The number of imide groups is 1. The normalized spacial score (nSPS) is 13.5. The number of carbonyl (C=O) groups excluding carboxylic acids is 2. The van der Waals surface area contributed by atoms with E-state index in [2.05, 4.69) is 20.9 Å². The van der Waals surface area contributed by atoms with Crippen molar-refractivity contribution in [3.8, 4) is 0 Å². The van der Waals surface area contributed by atoms with E-state index in [0.29, 0.717) is 4.47 Å². The minimum absolute atomic E-state index is 0.0306. The molecule has 1 aliphatic rings. The van der Waals surface area contributed by atoms with Crippen LogP contribution in [0.5, 0.6) is 0 Å². The summed E-state index contributed by atoms with van der Waals surface area (Å²) < 4.78 is 0.567. The van der Waals surface area contributed by atoms with E-state index in [0.717, 1.165) is 4.90 Å². The number of benzene rings is 1. The lowest BCUT2D eigenvalue weighted by Gasteiger charge is -2.16. The highest BCUT2D eigenvalue weighted by Gasteiger charge is 2.38. The van der Waals surface area contributed by atoms with Crippen LogP contribution in [0.4, 0.5) is 5.69 Å². The molecule has 1 aromatic heterocycles. The monoisotopic (exact) mass is 346 g/mol. The zero-order valence-electron chi connectivity index (χ0n) is 10.4. The van der Waals surface area contributed by atoms with Crippen LogP contribution in [-0.4, -0.2) is 27.9 Å². The van der Waals surface area contributed by atoms with Gasteiger partial charge in [-0.25, -0.2) is 9.69 Å².